The first-order valence-corrected chi connectivity index (χ1v) is 7.58. The molecule has 0 fully saturated rings. The molecule has 0 aliphatic rings. The van der Waals surface area contributed by atoms with Crippen LogP contribution in [0.15, 0.2) is 18.2 Å². The Morgan fingerprint density at radius 2 is 1.96 bits per heavy atom. The molecule has 0 unspecified atom stereocenters. The van der Waals surface area contributed by atoms with Crippen LogP contribution in [-0.4, -0.2) is 51.5 Å². The van der Waals surface area contributed by atoms with Gasteiger partial charge in [0, 0.05) is 13.7 Å². The molecule has 0 saturated heterocycles. The second-order valence-corrected chi connectivity index (χ2v) is 4.80. The fourth-order valence-electron chi connectivity index (χ4n) is 1.80. The SMILES string of the molecule is CCOc1cc(C(=O)O[C@@H](C)C(=O)NCCOC)ccc1OC(F)F. The van der Waals surface area contributed by atoms with Crippen molar-refractivity contribution in [2.75, 3.05) is 26.9 Å². The molecule has 0 bridgehead atoms. The highest BCUT2D eigenvalue weighted by Crippen LogP contribution is 2.30. The van der Waals surface area contributed by atoms with Crippen molar-refractivity contribution in [2.45, 2.75) is 26.6 Å². The summed E-state index contributed by atoms with van der Waals surface area (Å²) in [5.41, 5.74) is 0.0432. The van der Waals surface area contributed by atoms with Gasteiger partial charge in [0.2, 0.25) is 0 Å². The molecule has 25 heavy (non-hydrogen) atoms. The molecule has 0 aliphatic carbocycles. The van der Waals surface area contributed by atoms with Crippen LogP contribution in [0.3, 0.4) is 0 Å². The Morgan fingerprint density at radius 3 is 2.56 bits per heavy atom. The first-order chi connectivity index (χ1) is 11.9. The predicted molar refractivity (Wildman–Crippen MR) is 84.0 cm³/mol. The number of rotatable bonds is 10. The lowest BCUT2D eigenvalue weighted by atomic mass is 10.2. The second kappa shape index (κ2) is 10.4. The van der Waals surface area contributed by atoms with Crippen LogP contribution in [-0.2, 0) is 14.3 Å². The molecule has 0 radical (unpaired) electrons. The molecule has 1 aromatic carbocycles. The van der Waals surface area contributed by atoms with Crippen molar-refractivity contribution in [2.24, 2.45) is 0 Å². The van der Waals surface area contributed by atoms with Gasteiger partial charge < -0.3 is 24.3 Å². The molecule has 0 heterocycles. The lowest BCUT2D eigenvalue weighted by Gasteiger charge is -2.15. The number of halogens is 2. The van der Waals surface area contributed by atoms with Gasteiger partial charge in [-0.1, -0.05) is 0 Å². The summed E-state index contributed by atoms with van der Waals surface area (Å²) in [7, 11) is 1.49. The van der Waals surface area contributed by atoms with E-state index in [4.69, 9.17) is 14.2 Å². The molecule has 1 N–H and O–H groups in total. The molecule has 140 valence electrons. The van der Waals surface area contributed by atoms with Crippen molar-refractivity contribution in [3.8, 4) is 11.5 Å². The number of amides is 1. The number of alkyl halides is 2. The molecule has 1 aromatic rings. The van der Waals surface area contributed by atoms with Crippen molar-refractivity contribution in [1.82, 2.24) is 5.32 Å². The number of nitrogens with one attached hydrogen (secondary N) is 1. The van der Waals surface area contributed by atoms with E-state index in [1.54, 1.807) is 6.92 Å². The van der Waals surface area contributed by atoms with E-state index in [1.807, 2.05) is 0 Å². The molecule has 0 aliphatic heterocycles. The van der Waals surface area contributed by atoms with Crippen molar-refractivity contribution < 1.29 is 37.3 Å². The summed E-state index contributed by atoms with van der Waals surface area (Å²) in [4.78, 5) is 23.9. The van der Waals surface area contributed by atoms with Crippen LogP contribution < -0.4 is 14.8 Å². The van der Waals surface area contributed by atoms with Crippen LogP contribution in [0.2, 0.25) is 0 Å². The Bertz CT molecular complexity index is 582. The Hall–Kier alpha value is -2.42. The van der Waals surface area contributed by atoms with E-state index in [0.29, 0.717) is 6.61 Å². The average molecular weight is 361 g/mol. The van der Waals surface area contributed by atoms with Crippen molar-refractivity contribution >= 4 is 11.9 Å². The fraction of sp³-hybridized carbons (Fsp3) is 0.500. The van der Waals surface area contributed by atoms with E-state index < -0.39 is 24.6 Å². The van der Waals surface area contributed by atoms with Gasteiger partial charge >= 0.3 is 12.6 Å². The van der Waals surface area contributed by atoms with Gasteiger partial charge in [-0.25, -0.2) is 4.79 Å². The number of hydrogen-bond acceptors (Lipinski definition) is 6. The van der Waals surface area contributed by atoms with Gasteiger partial charge in [0.05, 0.1) is 18.8 Å². The summed E-state index contributed by atoms with van der Waals surface area (Å²) in [6.45, 7) is 0.853. The van der Waals surface area contributed by atoms with E-state index in [0.717, 1.165) is 0 Å². The van der Waals surface area contributed by atoms with Crippen LogP contribution in [0.1, 0.15) is 24.2 Å². The lowest BCUT2D eigenvalue weighted by Crippen LogP contribution is -2.37. The highest BCUT2D eigenvalue weighted by atomic mass is 19.3. The molecular formula is C16H21F2NO6. The van der Waals surface area contributed by atoms with E-state index in [1.165, 1.54) is 32.2 Å². The third-order valence-electron chi connectivity index (χ3n) is 2.95. The molecule has 7 nitrogen and oxygen atoms in total. The van der Waals surface area contributed by atoms with E-state index in [-0.39, 0.29) is 30.2 Å². The van der Waals surface area contributed by atoms with E-state index in [9.17, 15) is 18.4 Å². The number of esters is 1. The topological polar surface area (TPSA) is 83.1 Å². The minimum atomic E-state index is -3.02. The van der Waals surface area contributed by atoms with Gasteiger partial charge in [0.1, 0.15) is 0 Å². The van der Waals surface area contributed by atoms with E-state index >= 15 is 0 Å². The minimum Gasteiger partial charge on any atom is -0.490 e. The molecule has 1 amide bonds. The molecule has 0 aromatic heterocycles. The molecule has 1 atom stereocenters. The monoisotopic (exact) mass is 361 g/mol. The lowest BCUT2D eigenvalue weighted by molar-refractivity contribution is -0.129. The summed E-state index contributed by atoms with van der Waals surface area (Å²) in [5, 5.41) is 2.53. The number of carbonyl (C=O) groups is 2. The van der Waals surface area contributed by atoms with Crippen LogP contribution in [0.4, 0.5) is 8.78 Å². The zero-order chi connectivity index (χ0) is 18.8. The maximum absolute atomic E-state index is 12.4. The maximum Gasteiger partial charge on any atom is 0.387 e. The smallest absolute Gasteiger partial charge is 0.387 e. The highest BCUT2D eigenvalue weighted by Gasteiger charge is 2.20. The predicted octanol–water partition coefficient (Wildman–Crippen LogP) is 1.99. The average Bonchev–Trinajstić information content (AvgIpc) is 2.56. The summed E-state index contributed by atoms with van der Waals surface area (Å²) in [6.07, 6.45) is -1.03. The number of methoxy groups -OCH3 is 1. The molecular weight excluding hydrogens is 340 g/mol. The zero-order valence-electron chi connectivity index (χ0n) is 14.2. The van der Waals surface area contributed by atoms with Gasteiger partial charge in [-0.05, 0) is 32.0 Å². The van der Waals surface area contributed by atoms with Gasteiger partial charge in [-0.3, -0.25) is 4.79 Å². The van der Waals surface area contributed by atoms with Crippen LogP contribution in [0, 0.1) is 0 Å². The Morgan fingerprint density at radius 1 is 1.24 bits per heavy atom. The maximum atomic E-state index is 12.4. The fourth-order valence-corrected chi connectivity index (χ4v) is 1.80. The van der Waals surface area contributed by atoms with Crippen LogP contribution in [0.25, 0.3) is 0 Å². The van der Waals surface area contributed by atoms with E-state index in [2.05, 4.69) is 10.1 Å². The Labute approximate surface area is 144 Å². The van der Waals surface area contributed by atoms with Crippen molar-refractivity contribution in [3.63, 3.8) is 0 Å². The Kier molecular flexibility index (Phi) is 8.62. The van der Waals surface area contributed by atoms with Gasteiger partial charge in [-0.2, -0.15) is 8.78 Å². The third kappa shape index (κ3) is 6.92. The van der Waals surface area contributed by atoms with Gasteiger partial charge in [-0.15, -0.1) is 0 Å². The number of hydrogen-bond donors (Lipinski definition) is 1. The number of benzene rings is 1. The first kappa shape index (κ1) is 20.6. The van der Waals surface area contributed by atoms with Crippen LogP contribution in [0.5, 0.6) is 11.5 Å². The number of ether oxygens (including phenoxy) is 4. The van der Waals surface area contributed by atoms with Crippen molar-refractivity contribution in [1.29, 1.82) is 0 Å². The molecule has 1 rings (SSSR count). The molecule has 0 saturated carbocycles. The summed E-state index contributed by atoms with van der Waals surface area (Å²) >= 11 is 0. The summed E-state index contributed by atoms with van der Waals surface area (Å²) < 4.78 is 44.1. The molecule has 0 spiro atoms. The third-order valence-corrected chi connectivity index (χ3v) is 2.95. The van der Waals surface area contributed by atoms with Crippen molar-refractivity contribution in [3.05, 3.63) is 23.8 Å². The summed E-state index contributed by atoms with van der Waals surface area (Å²) in [5.74, 6) is -1.49. The minimum absolute atomic E-state index is 0.0190. The number of carbonyl (C=O) groups excluding carboxylic acids is 2. The van der Waals surface area contributed by atoms with Gasteiger partial charge in [0.25, 0.3) is 5.91 Å². The normalized spacial score (nSPS) is 11.8. The standard InChI is InChI=1S/C16H21F2NO6/c1-4-23-13-9-11(5-6-12(13)25-16(17)18)15(21)24-10(2)14(20)19-7-8-22-3/h5-6,9-10,16H,4,7-8H2,1-3H3,(H,19,20)/t10-/m0/s1. The highest BCUT2D eigenvalue weighted by molar-refractivity contribution is 5.92. The quantitative estimate of drug-likeness (QED) is 0.507. The first-order valence-electron chi connectivity index (χ1n) is 7.58. The Balaban J connectivity index is 2.77. The van der Waals surface area contributed by atoms with Crippen LogP contribution >= 0.6 is 0 Å². The van der Waals surface area contributed by atoms with Gasteiger partial charge in [0.15, 0.2) is 17.6 Å². The molecule has 9 heteroatoms. The summed E-state index contributed by atoms with van der Waals surface area (Å²) in [6, 6.07) is 3.65. The zero-order valence-corrected chi connectivity index (χ0v) is 14.2. The largest absolute Gasteiger partial charge is 0.490 e. The second-order valence-electron chi connectivity index (χ2n) is 4.80.